The molecule has 0 unspecified atom stereocenters. The minimum atomic E-state index is -1.04. The summed E-state index contributed by atoms with van der Waals surface area (Å²) in [4.78, 5) is 45.7. The van der Waals surface area contributed by atoms with Crippen molar-refractivity contribution in [3.8, 4) is 0 Å². The molecule has 9 heteroatoms. The van der Waals surface area contributed by atoms with Crippen LogP contribution in [0.5, 0.6) is 0 Å². The van der Waals surface area contributed by atoms with Gasteiger partial charge in [-0.15, -0.1) is 0 Å². The Morgan fingerprint density at radius 1 is 0.840 bits per heavy atom. The molecule has 1 aliphatic heterocycles. The van der Waals surface area contributed by atoms with Gasteiger partial charge in [-0.05, 0) is 13.3 Å². The number of hydrogen-bond donors (Lipinski definition) is 0. The molecule has 1 saturated heterocycles. The van der Waals surface area contributed by atoms with Crippen LogP contribution in [-0.4, -0.2) is 61.5 Å². The molecule has 0 spiro atoms. The summed E-state index contributed by atoms with van der Waals surface area (Å²) < 4.78 is 26.1. The van der Waals surface area contributed by atoms with E-state index < -0.39 is 54.4 Å². The fraction of sp³-hybridized carbons (Fsp3) is 0.750. The Labute approximate surface area is 145 Å². The van der Waals surface area contributed by atoms with Crippen LogP contribution in [0, 0.1) is 0 Å². The van der Waals surface area contributed by atoms with E-state index in [0.29, 0.717) is 0 Å². The maximum atomic E-state index is 11.5. The monoisotopic (exact) mass is 360 g/mol. The zero-order chi connectivity index (χ0) is 19.1. The van der Waals surface area contributed by atoms with E-state index in [2.05, 4.69) is 4.74 Å². The van der Waals surface area contributed by atoms with Crippen molar-refractivity contribution in [1.82, 2.24) is 0 Å². The van der Waals surface area contributed by atoms with E-state index in [0.717, 1.165) is 0 Å². The Hall–Kier alpha value is -2.16. The van der Waals surface area contributed by atoms with Crippen molar-refractivity contribution in [2.75, 3.05) is 7.11 Å². The van der Waals surface area contributed by atoms with E-state index >= 15 is 0 Å². The number of rotatable bonds is 6. The summed E-state index contributed by atoms with van der Waals surface area (Å²) in [5.41, 5.74) is 0. The van der Waals surface area contributed by atoms with Gasteiger partial charge in [-0.2, -0.15) is 0 Å². The van der Waals surface area contributed by atoms with Crippen molar-refractivity contribution in [2.45, 2.75) is 71.1 Å². The summed E-state index contributed by atoms with van der Waals surface area (Å²) >= 11 is 0. The topological polar surface area (TPSA) is 114 Å². The first kappa shape index (κ1) is 20.9. The van der Waals surface area contributed by atoms with Crippen LogP contribution >= 0.6 is 0 Å². The van der Waals surface area contributed by atoms with Crippen LogP contribution in [0.1, 0.15) is 40.5 Å². The lowest BCUT2D eigenvalue weighted by atomic mass is 9.92. The smallest absolute Gasteiger partial charge is 0.305 e. The minimum Gasteiger partial charge on any atom is -0.469 e. The summed E-state index contributed by atoms with van der Waals surface area (Å²) in [5, 5.41) is 0. The molecule has 0 N–H and O–H groups in total. The van der Waals surface area contributed by atoms with E-state index in [-0.39, 0.29) is 12.8 Å². The predicted molar refractivity (Wildman–Crippen MR) is 82.2 cm³/mol. The molecule has 1 aliphatic rings. The molecule has 25 heavy (non-hydrogen) atoms. The van der Waals surface area contributed by atoms with Gasteiger partial charge in [0.05, 0.1) is 19.3 Å². The van der Waals surface area contributed by atoms with E-state index in [9.17, 15) is 19.2 Å². The number of hydrogen-bond acceptors (Lipinski definition) is 9. The lowest BCUT2D eigenvalue weighted by molar-refractivity contribution is -0.244. The van der Waals surface area contributed by atoms with Gasteiger partial charge in [-0.1, -0.05) is 0 Å². The molecule has 9 nitrogen and oxygen atoms in total. The zero-order valence-corrected chi connectivity index (χ0v) is 15.0. The molecule has 5 atom stereocenters. The number of esters is 4. The lowest BCUT2D eigenvalue weighted by Crippen LogP contribution is -2.60. The second kappa shape index (κ2) is 9.36. The van der Waals surface area contributed by atoms with Gasteiger partial charge in [0.15, 0.2) is 18.3 Å². The van der Waals surface area contributed by atoms with Gasteiger partial charge in [0, 0.05) is 27.2 Å². The van der Waals surface area contributed by atoms with Crippen LogP contribution in [0.3, 0.4) is 0 Å². The first-order chi connectivity index (χ1) is 11.6. The first-order valence-electron chi connectivity index (χ1n) is 7.89. The van der Waals surface area contributed by atoms with E-state index in [1.165, 1.54) is 27.9 Å². The Balaban J connectivity index is 3.09. The number of carbonyl (C=O) groups is 4. The van der Waals surface area contributed by atoms with E-state index in [1.807, 2.05) is 0 Å². The molecule has 1 rings (SSSR count). The van der Waals surface area contributed by atoms with Crippen molar-refractivity contribution in [2.24, 2.45) is 0 Å². The highest BCUT2D eigenvalue weighted by molar-refractivity contribution is 5.69. The van der Waals surface area contributed by atoms with Crippen molar-refractivity contribution < 1.29 is 42.9 Å². The standard InChI is InChI=1S/C16H24O9/c1-8-14(23-9(2)17)16(25-11(4)19)15(24-10(3)18)12(22-8)6-7-13(20)21-5/h8,12,14-16H,6-7H2,1-5H3/t8-,12-,14+,15+,16+/m0/s1. The van der Waals surface area contributed by atoms with Crippen LogP contribution < -0.4 is 0 Å². The molecule has 0 bridgehead atoms. The maximum Gasteiger partial charge on any atom is 0.305 e. The van der Waals surface area contributed by atoms with Crippen LogP contribution in [0.4, 0.5) is 0 Å². The molecule has 0 amide bonds. The highest BCUT2D eigenvalue weighted by Crippen LogP contribution is 2.30. The van der Waals surface area contributed by atoms with Gasteiger partial charge in [0.1, 0.15) is 0 Å². The Morgan fingerprint density at radius 3 is 1.80 bits per heavy atom. The summed E-state index contributed by atoms with van der Waals surface area (Å²) in [6, 6.07) is 0. The second-order valence-electron chi connectivity index (χ2n) is 5.72. The van der Waals surface area contributed by atoms with Gasteiger partial charge in [0.25, 0.3) is 0 Å². The second-order valence-corrected chi connectivity index (χ2v) is 5.72. The Morgan fingerprint density at radius 2 is 1.32 bits per heavy atom. The van der Waals surface area contributed by atoms with Gasteiger partial charge in [0.2, 0.25) is 0 Å². The molecule has 0 aliphatic carbocycles. The molecule has 0 aromatic rings. The summed E-state index contributed by atoms with van der Waals surface area (Å²) in [6.45, 7) is 5.24. The van der Waals surface area contributed by atoms with Gasteiger partial charge in [-0.3, -0.25) is 19.2 Å². The Bertz CT molecular complexity index is 516. The average molecular weight is 360 g/mol. The van der Waals surface area contributed by atoms with Crippen molar-refractivity contribution in [3.05, 3.63) is 0 Å². The fourth-order valence-corrected chi connectivity index (χ4v) is 2.71. The van der Waals surface area contributed by atoms with Gasteiger partial charge >= 0.3 is 23.9 Å². The highest BCUT2D eigenvalue weighted by atomic mass is 16.6. The largest absolute Gasteiger partial charge is 0.469 e. The average Bonchev–Trinajstić information content (AvgIpc) is 2.50. The molecule has 1 heterocycles. The minimum absolute atomic E-state index is 0.0245. The molecule has 0 aromatic carbocycles. The Kier molecular flexibility index (Phi) is 7.82. The first-order valence-corrected chi connectivity index (χ1v) is 7.89. The third-order valence-corrected chi connectivity index (χ3v) is 3.63. The lowest BCUT2D eigenvalue weighted by Gasteiger charge is -2.43. The molecule has 1 fully saturated rings. The van der Waals surface area contributed by atoms with Crippen LogP contribution in [0.2, 0.25) is 0 Å². The van der Waals surface area contributed by atoms with Crippen LogP contribution in [0.15, 0.2) is 0 Å². The zero-order valence-electron chi connectivity index (χ0n) is 15.0. The van der Waals surface area contributed by atoms with Crippen LogP contribution in [0.25, 0.3) is 0 Å². The molecular formula is C16H24O9. The number of methoxy groups -OCH3 is 1. The molecule has 0 radical (unpaired) electrons. The van der Waals surface area contributed by atoms with Crippen LogP contribution in [-0.2, 0) is 42.9 Å². The maximum absolute atomic E-state index is 11.5. The fourth-order valence-electron chi connectivity index (χ4n) is 2.71. The SMILES string of the molecule is COC(=O)CC[C@@H]1O[C@@H](C)[C@@H](OC(C)=O)[C@@H](OC(C)=O)[C@@H]1OC(C)=O. The summed E-state index contributed by atoms with van der Waals surface area (Å²) in [6.07, 6.45) is -4.17. The highest BCUT2D eigenvalue weighted by Gasteiger charge is 2.50. The third-order valence-electron chi connectivity index (χ3n) is 3.63. The quantitative estimate of drug-likeness (QED) is 0.494. The van der Waals surface area contributed by atoms with Gasteiger partial charge in [-0.25, -0.2) is 0 Å². The number of carbonyl (C=O) groups excluding carboxylic acids is 4. The summed E-state index contributed by atoms with van der Waals surface area (Å²) in [5.74, 6) is -2.29. The molecule has 0 aromatic heterocycles. The van der Waals surface area contributed by atoms with Crippen molar-refractivity contribution in [1.29, 1.82) is 0 Å². The van der Waals surface area contributed by atoms with E-state index in [1.54, 1.807) is 6.92 Å². The molecular weight excluding hydrogens is 336 g/mol. The number of ether oxygens (including phenoxy) is 5. The third kappa shape index (κ3) is 6.33. The van der Waals surface area contributed by atoms with E-state index in [4.69, 9.17) is 18.9 Å². The molecule has 0 saturated carbocycles. The van der Waals surface area contributed by atoms with Crippen molar-refractivity contribution >= 4 is 23.9 Å². The predicted octanol–water partition coefficient (Wildman–Crippen LogP) is 0.522. The van der Waals surface area contributed by atoms with Crippen molar-refractivity contribution in [3.63, 3.8) is 0 Å². The molecule has 142 valence electrons. The summed E-state index contributed by atoms with van der Waals surface area (Å²) in [7, 11) is 1.26. The normalized spacial score (nSPS) is 28.6. The van der Waals surface area contributed by atoms with Gasteiger partial charge < -0.3 is 23.7 Å².